The molecule has 2 unspecified atom stereocenters. The van der Waals surface area contributed by atoms with Crippen molar-refractivity contribution in [1.82, 2.24) is 20.4 Å². The summed E-state index contributed by atoms with van der Waals surface area (Å²) in [5.41, 5.74) is 4.43. The van der Waals surface area contributed by atoms with Gasteiger partial charge in [-0.15, -0.1) is 0 Å². The molecule has 8 nitrogen and oxygen atoms in total. The van der Waals surface area contributed by atoms with Crippen molar-refractivity contribution in [2.45, 2.75) is 52.6 Å². The maximum absolute atomic E-state index is 13.2. The fourth-order valence-electron chi connectivity index (χ4n) is 4.92. The smallest absolute Gasteiger partial charge is 0.241 e. The van der Waals surface area contributed by atoms with E-state index in [1.165, 1.54) is 16.7 Å². The number of likely N-dealkylation sites (tertiary alicyclic amines) is 1. The first-order valence-corrected chi connectivity index (χ1v) is 12.6. The molecule has 0 saturated carbocycles. The third kappa shape index (κ3) is 5.87. The molecule has 2 atom stereocenters. The summed E-state index contributed by atoms with van der Waals surface area (Å²) in [6, 6.07) is 12.0. The van der Waals surface area contributed by atoms with Gasteiger partial charge in [0, 0.05) is 12.1 Å². The highest BCUT2D eigenvalue weighted by atomic mass is 16.5. The van der Waals surface area contributed by atoms with Gasteiger partial charge in [0.05, 0.1) is 32.7 Å². The Bertz CT molecular complexity index is 1190. The summed E-state index contributed by atoms with van der Waals surface area (Å²) < 4.78 is 16.2. The fraction of sp³-hybridized carbons (Fsp3) is 0.464. The number of nitrogens with zero attached hydrogens (tertiary/aromatic N) is 3. The van der Waals surface area contributed by atoms with Gasteiger partial charge >= 0.3 is 0 Å². The van der Waals surface area contributed by atoms with E-state index >= 15 is 0 Å². The quantitative estimate of drug-likeness (QED) is 0.457. The zero-order valence-electron chi connectivity index (χ0n) is 21.8. The van der Waals surface area contributed by atoms with Crippen molar-refractivity contribution in [3.63, 3.8) is 0 Å². The lowest BCUT2D eigenvalue weighted by Crippen LogP contribution is -2.43. The number of methoxy groups -OCH3 is 2. The van der Waals surface area contributed by atoms with E-state index in [0.717, 1.165) is 31.4 Å². The summed E-state index contributed by atoms with van der Waals surface area (Å²) >= 11 is 0. The monoisotopic (exact) mass is 492 g/mol. The highest BCUT2D eigenvalue weighted by Gasteiger charge is 2.28. The molecule has 192 valence electrons. The lowest BCUT2D eigenvalue weighted by molar-refractivity contribution is -0.127. The molecule has 1 aromatic heterocycles. The second-order valence-corrected chi connectivity index (χ2v) is 9.49. The molecule has 1 amide bonds. The van der Waals surface area contributed by atoms with Gasteiger partial charge in [0.25, 0.3) is 0 Å². The van der Waals surface area contributed by atoms with Crippen LogP contribution in [0.25, 0.3) is 11.4 Å². The van der Waals surface area contributed by atoms with Gasteiger partial charge in [0.2, 0.25) is 17.6 Å². The van der Waals surface area contributed by atoms with Crippen molar-refractivity contribution in [3.8, 4) is 22.9 Å². The number of ether oxygens (including phenoxy) is 2. The normalized spacial score (nSPS) is 17.0. The third-order valence-corrected chi connectivity index (χ3v) is 6.87. The highest BCUT2D eigenvalue weighted by Crippen LogP contribution is 2.31. The van der Waals surface area contributed by atoms with Crippen molar-refractivity contribution in [2.24, 2.45) is 5.92 Å². The number of carbonyl (C=O) groups is 1. The predicted octanol–water partition coefficient (Wildman–Crippen LogP) is 4.85. The minimum atomic E-state index is -0.0632. The average molecular weight is 493 g/mol. The van der Waals surface area contributed by atoms with Crippen molar-refractivity contribution in [1.29, 1.82) is 0 Å². The Labute approximate surface area is 213 Å². The molecule has 1 N–H and O–H groups in total. The van der Waals surface area contributed by atoms with E-state index in [0.29, 0.717) is 36.3 Å². The molecule has 3 aromatic rings. The standard InChI is InChI=1S/C28H36N4O4/c1-6-23(22-11-9-18(2)14-19(22)3)29-28(33)21-8-7-13-32(16-21)17-26-30-27(31-36-26)20-10-12-24(34-4)25(15-20)35-5/h9-12,14-15,21,23H,6-8,13,16-17H2,1-5H3,(H,29,33). The molecule has 0 aliphatic carbocycles. The number of nitrogens with one attached hydrogen (secondary N) is 1. The van der Waals surface area contributed by atoms with E-state index in [-0.39, 0.29) is 17.9 Å². The van der Waals surface area contributed by atoms with Crippen molar-refractivity contribution in [3.05, 3.63) is 59.0 Å². The number of benzene rings is 2. The van der Waals surface area contributed by atoms with Gasteiger partial charge in [-0.25, -0.2) is 0 Å². The molecule has 36 heavy (non-hydrogen) atoms. The third-order valence-electron chi connectivity index (χ3n) is 6.87. The molecule has 1 fully saturated rings. The van der Waals surface area contributed by atoms with Crippen LogP contribution in [0.15, 0.2) is 40.9 Å². The predicted molar refractivity (Wildman–Crippen MR) is 138 cm³/mol. The molecular weight excluding hydrogens is 456 g/mol. The van der Waals surface area contributed by atoms with Crippen LogP contribution in [0.1, 0.15) is 54.8 Å². The molecular formula is C28H36N4O4. The first-order valence-electron chi connectivity index (χ1n) is 12.6. The Balaban J connectivity index is 1.38. The van der Waals surface area contributed by atoms with E-state index < -0.39 is 0 Å². The van der Waals surface area contributed by atoms with Gasteiger partial charge in [-0.05, 0) is 69.0 Å². The zero-order valence-corrected chi connectivity index (χ0v) is 21.8. The van der Waals surface area contributed by atoms with Crippen molar-refractivity contribution < 1.29 is 18.8 Å². The number of carbonyl (C=O) groups excluding carboxylic acids is 1. The summed E-state index contributed by atoms with van der Waals surface area (Å²) in [7, 11) is 3.19. The topological polar surface area (TPSA) is 89.7 Å². The van der Waals surface area contributed by atoms with Crippen LogP contribution >= 0.6 is 0 Å². The Morgan fingerprint density at radius 2 is 1.97 bits per heavy atom. The minimum absolute atomic E-state index is 0.0217. The van der Waals surface area contributed by atoms with Gasteiger partial charge < -0.3 is 19.3 Å². The Morgan fingerprint density at radius 3 is 2.69 bits per heavy atom. The van der Waals surface area contributed by atoms with E-state index in [2.05, 4.69) is 59.3 Å². The molecule has 0 spiro atoms. The molecule has 8 heteroatoms. The average Bonchev–Trinajstić information content (AvgIpc) is 3.35. The van der Waals surface area contributed by atoms with E-state index in [9.17, 15) is 4.79 Å². The fourth-order valence-corrected chi connectivity index (χ4v) is 4.92. The Hall–Kier alpha value is -3.39. The molecule has 0 bridgehead atoms. The second kappa shape index (κ2) is 11.6. The number of aromatic nitrogens is 2. The van der Waals surface area contributed by atoms with Gasteiger partial charge in [-0.1, -0.05) is 35.8 Å². The Morgan fingerprint density at radius 1 is 1.17 bits per heavy atom. The van der Waals surface area contributed by atoms with Gasteiger partial charge in [-0.3, -0.25) is 9.69 Å². The van der Waals surface area contributed by atoms with Crippen LogP contribution in [-0.2, 0) is 11.3 Å². The highest BCUT2D eigenvalue weighted by molar-refractivity contribution is 5.79. The van der Waals surface area contributed by atoms with Gasteiger partial charge in [-0.2, -0.15) is 4.98 Å². The minimum Gasteiger partial charge on any atom is -0.493 e. The number of rotatable bonds is 9. The summed E-state index contributed by atoms with van der Waals surface area (Å²) in [6.07, 6.45) is 2.69. The van der Waals surface area contributed by atoms with Crippen LogP contribution in [0.2, 0.25) is 0 Å². The summed E-state index contributed by atoms with van der Waals surface area (Å²) in [5, 5.41) is 7.45. The van der Waals surface area contributed by atoms with Crippen LogP contribution in [0.5, 0.6) is 11.5 Å². The number of amides is 1. The molecule has 1 aliphatic heterocycles. The van der Waals surface area contributed by atoms with Gasteiger partial charge in [0.15, 0.2) is 11.5 Å². The SMILES string of the molecule is CCC(NC(=O)C1CCCN(Cc2nc(-c3ccc(OC)c(OC)c3)no2)C1)c1ccc(C)cc1C. The van der Waals surface area contributed by atoms with Crippen LogP contribution in [0.4, 0.5) is 0 Å². The van der Waals surface area contributed by atoms with E-state index in [1.807, 2.05) is 18.2 Å². The van der Waals surface area contributed by atoms with Crippen molar-refractivity contribution in [2.75, 3.05) is 27.3 Å². The maximum atomic E-state index is 13.2. The molecule has 4 rings (SSSR count). The molecule has 1 aliphatic rings. The lowest BCUT2D eigenvalue weighted by atomic mass is 9.94. The Kier molecular flexibility index (Phi) is 8.25. The van der Waals surface area contributed by atoms with E-state index in [4.69, 9.17) is 14.0 Å². The molecule has 0 radical (unpaired) electrons. The maximum Gasteiger partial charge on any atom is 0.241 e. The van der Waals surface area contributed by atoms with Crippen LogP contribution in [0, 0.1) is 19.8 Å². The zero-order chi connectivity index (χ0) is 25.7. The number of hydrogen-bond acceptors (Lipinski definition) is 7. The largest absolute Gasteiger partial charge is 0.493 e. The summed E-state index contributed by atoms with van der Waals surface area (Å²) in [5.74, 6) is 2.33. The number of hydrogen-bond donors (Lipinski definition) is 1. The second-order valence-electron chi connectivity index (χ2n) is 9.49. The van der Waals surface area contributed by atoms with E-state index in [1.54, 1.807) is 14.2 Å². The van der Waals surface area contributed by atoms with Crippen molar-refractivity contribution >= 4 is 5.91 Å². The number of aryl methyl sites for hydroxylation is 2. The molecule has 1 saturated heterocycles. The van der Waals surface area contributed by atoms with Crippen LogP contribution < -0.4 is 14.8 Å². The van der Waals surface area contributed by atoms with Crippen LogP contribution in [-0.4, -0.2) is 48.3 Å². The summed E-state index contributed by atoms with van der Waals surface area (Å²) in [4.78, 5) is 20.0. The van der Waals surface area contributed by atoms with Gasteiger partial charge in [0.1, 0.15) is 0 Å². The summed E-state index contributed by atoms with van der Waals surface area (Å²) in [6.45, 7) is 8.39. The molecule has 2 heterocycles. The lowest BCUT2D eigenvalue weighted by Gasteiger charge is -2.32. The number of piperidine rings is 1. The molecule has 2 aromatic carbocycles. The first kappa shape index (κ1) is 25.7. The first-order chi connectivity index (χ1) is 17.4. The van der Waals surface area contributed by atoms with Crippen LogP contribution in [0.3, 0.4) is 0 Å².